The van der Waals surface area contributed by atoms with Gasteiger partial charge in [0.2, 0.25) is 5.91 Å². The van der Waals surface area contributed by atoms with Gasteiger partial charge in [0.15, 0.2) is 9.84 Å². The Labute approximate surface area is 186 Å². The Morgan fingerprint density at radius 3 is 2.34 bits per heavy atom. The predicted molar refractivity (Wildman–Crippen MR) is 119 cm³/mol. The first kappa shape index (κ1) is 23.5. The van der Waals surface area contributed by atoms with Gasteiger partial charge < -0.3 is 15.4 Å². The molecule has 1 aliphatic heterocycles. The topological polar surface area (TPSA) is 148 Å². The van der Waals surface area contributed by atoms with Crippen molar-refractivity contribution in [2.45, 2.75) is 24.3 Å². The highest BCUT2D eigenvalue weighted by Crippen LogP contribution is 2.28. The molecule has 0 unspecified atom stereocenters. The summed E-state index contributed by atoms with van der Waals surface area (Å²) in [5.74, 6) is -0.539. The second-order valence-electron chi connectivity index (χ2n) is 7.30. The minimum atomic E-state index is -3.99. The van der Waals surface area contributed by atoms with Crippen LogP contribution < -0.4 is 20.1 Å². The number of anilines is 2. The molecule has 0 radical (unpaired) electrons. The number of hydrogen-bond donors (Lipinski definition) is 3. The number of hydrogen-bond acceptors (Lipinski definition) is 7. The van der Waals surface area contributed by atoms with E-state index in [9.17, 15) is 26.4 Å². The van der Waals surface area contributed by atoms with Gasteiger partial charge in [0.1, 0.15) is 5.75 Å². The molecule has 2 aromatic carbocycles. The van der Waals surface area contributed by atoms with E-state index in [1.165, 1.54) is 56.5 Å². The monoisotopic (exact) mass is 481 g/mol. The van der Waals surface area contributed by atoms with Crippen molar-refractivity contribution in [1.29, 1.82) is 0 Å². The third-order valence-corrected chi connectivity index (χ3v) is 7.91. The largest absolute Gasteiger partial charge is 0.495 e. The molecule has 0 aromatic heterocycles. The minimum absolute atomic E-state index is 0.0493. The lowest BCUT2D eigenvalue weighted by molar-refractivity contribution is -0.114. The molecule has 1 fully saturated rings. The van der Waals surface area contributed by atoms with Crippen LogP contribution in [0.2, 0.25) is 0 Å². The maximum Gasteiger partial charge on any atom is 0.261 e. The fourth-order valence-corrected chi connectivity index (χ4v) is 5.98. The first-order chi connectivity index (χ1) is 15.0. The van der Waals surface area contributed by atoms with E-state index in [0.29, 0.717) is 12.2 Å². The maximum atomic E-state index is 12.7. The van der Waals surface area contributed by atoms with Crippen molar-refractivity contribution < 1.29 is 31.2 Å². The highest BCUT2D eigenvalue weighted by Gasteiger charge is 2.29. The van der Waals surface area contributed by atoms with Crippen LogP contribution in [0.5, 0.6) is 5.75 Å². The summed E-state index contributed by atoms with van der Waals surface area (Å²) in [6, 6.07) is 9.34. The second kappa shape index (κ2) is 9.17. The molecule has 3 rings (SSSR count). The molecule has 3 N–H and O–H groups in total. The Kier molecular flexibility index (Phi) is 6.74. The van der Waals surface area contributed by atoms with E-state index in [4.69, 9.17) is 4.74 Å². The maximum absolute atomic E-state index is 12.7. The van der Waals surface area contributed by atoms with Crippen LogP contribution in [-0.4, -0.2) is 53.3 Å². The molecule has 2 aromatic rings. The molecule has 0 bridgehead atoms. The standard InChI is InChI=1S/C20H23N3O7S2/c1-13(24)21-18-11-17(7-8-19(18)30-2)32(28,29)23-15-5-3-14(4-6-15)20(25)22-16-9-10-31(26,27)12-16/h3-8,11,16,23H,9-10,12H2,1-2H3,(H,21,24)(H,22,25)/t16-/m0/s1. The van der Waals surface area contributed by atoms with Crippen molar-refractivity contribution in [2.24, 2.45) is 0 Å². The van der Waals surface area contributed by atoms with Crippen molar-refractivity contribution in [1.82, 2.24) is 5.32 Å². The van der Waals surface area contributed by atoms with Gasteiger partial charge >= 0.3 is 0 Å². The van der Waals surface area contributed by atoms with Crippen LogP contribution >= 0.6 is 0 Å². The third kappa shape index (κ3) is 5.77. The molecular formula is C20H23N3O7S2. The summed E-state index contributed by atoms with van der Waals surface area (Å²) in [5.41, 5.74) is 0.709. The Bertz CT molecular complexity index is 1240. The third-order valence-electron chi connectivity index (χ3n) is 4.76. The smallest absolute Gasteiger partial charge is 0.261 e. The zero-order chi connectivity index (χ0) is 23.5. The first-order valence-corrected chi connectivity index (χ1v) is 12.9. The predicted octanol–water partition coefficient (Wildman–Crippen LogP) is 1.37. The molecule has 2 amide bonds. The van der Waals surface area contributed by atoms with Gasteiger partial charge in [0.25, 0.3) is 15.9 Å². The summed E-state index contributed by atoms with van der Waals surface area (Å²) in [6.45, 7) is 1.29. The molecule has 10 nitrogen and oxygen atoms in total. The van der Waals surface area contributed by atoms with Crippen molar-refractivity contribution in [2.75, 3.05) is 28.7 Å². The van der Waals surface area contributed by atoms with Crippen LogP contribution in [0.25, 0.3) is 0 Å². The number of carbonyl (C=O) groups excluding carboxylic acids is 2. The second-order valence-corrected chi connectivity index (χ2v) is 11.2. The SMILES string of the molecule is COc1ccc(S(=O)(=O)Nc2ccc(C(=O)N[C@H]3CCS(=O)(=O)C3)cc2)cc1NC(C)=O. The molecule has 1 atom stereocenters. The normalized spacial score (nSPS) is 17.4. The molecule has 1 aliphatic rings. The molecule has 0 saturated carbocycles. The molecule has 1 heterocycles. The first-order valence-electron chi connectivity index (χ1n) is 9.59. The lowest BCUT2D eigenvalue weighted by Gasteiger charge is -2.13. The van der Waals surface area contributed by atoms with Gasteiger partial charge in [-0.05, 0) is 48.9 Å². The number of carbonyl (C=O) groups is 2. The van der Waals surface area contributed by atoms with Gasteiger partial charge in [0.05, 0.1) is 29.2 Å². The fraction of sp³-hybridized carbons (Fsp3) is 0.300. The zero-order valence-corrected chi connectivity index (χ0v) is 19.0. The number of benzene rings is 2. The van der Waals surface area contributed by atoms with Crippen molar-refractivity contribution in [3.63, 3.8) is 0 Å². The van der Waals surface area contributed by atoms with Gasteiger partial charge in [0, 0.05) is 24.2 Å². The highest BCUT2D eigenvalue weighted by molar-refractivity contribution is 7.92. The van der Waals surface area contributed by atoms with E-state index < -0.39 is 31.8 Å². The number of nitrogens with one attached hydrogen (secondary N) is 3. The highest BCUT2D eigenvalue weighted by atomic mass is 32.2. The van der Waals surface area contributed by atoms with E-state index in [1.807, 2.05) is 0 Å². The van der Waals surface area contributed by atoms with Crippen LogP contribution in [0, 0.1) is 0 Å². The van der Waals surface area contributed by atoms with Gasteiger partial charge in [-0.2, -0.15) is 0 Å². The van der Waals surface area contributed by atoms with Crippen LogP contribution in [0.4, 0.5) is 11.4 Å². The molecule has 32 heavy (non-hydrogen) atoms. The molecular weight excluding hydrogens is 458 g/mol. The summed E-state index contributed by atoms with van der Waals surface area (Å²) in [7, 11) is -5.70. The molecule has 12 heteroatoms. The quantitative estimate of drug-likeness (QED) is 0.541. The van der Waals surface area contributed by atoms with E-state index in [1.54, 1.807) is 0 Å². The summed E-state index contributed by atoms with van der Waals surface area (Å²) in [4.78, 5) is 23.6. The Hall–Kier alpha value is -3.12. The van der Waals surface area contributed by atoms with Crippen molar-refractivity contribution in [3.05, 3.63) is 48.0 Å². The van der Waals surface area contributed by atoms with Crippen molar-refractivity contribution >= 4 is 43.0 Å². The Morgan fingerprint density at radius 1 is 1.09 bits per heavy atom. The summed E-state index contributed by atoms with van der Waals surface area (Å²) < 4.78 is 56.1. The average molecular weight is 482 g/mol. The van der Waals surface area contributed by atoms with Gasteiger partial charge in [-0.25, -0.2) is 16.8 Å². The Balaban J connectivity index is 1.71. The summed E-state index contributed by atoms with van der Waals surface area (Å²) in [5, 5.41) is 5.19. The molecule has 1 saturated heterocycles. The lowest BCUT2D eigenvalue weighted by atomic mass is 10.1. The summed E-state index contributed by atoms with van der Waals surface area (Å²) >= 11 is 0. The number of amides is 2. The van der Waals surface area contributed by atoms with Gasteiger partial charge in [-0.1, -0.05) is 0 Å². The van der Waals surface area contributed by atoms with Crippen molar-refractivity contribution in [3.8, 4) is 5.75 Å². The van der Waals surface area contributed by atoms with Gasteiger partial charge in [-0.15, -0.1) is 0 Å². The number of rotatable bonds is 7. The zero-order valence-electron chi connectivity index (χ0n) is 17.4. The van der Waals surface area contributed by atoms with Crippen LogP contribution in [0.15, 0.2) is 47.4 Å². The van der Waals surface area contributed by atoms with Crippen LogP contribution in [-0.2, 0) is 24.7 Å². The van der Waals surface area contributed by atoms with Crippen LogP contribution in [0.1, 0.15) is 23.7 Å². The lowest BCUT2D eigenvalue weighted by Crippen LogP contribution is -2.35. The molecule has 0 spiro atoms. The summed E-state index contributed by atoms with van der Waals surface area (Å²) in [6.07, 6.45) is 0.369. The number of sulfonamides is 1. The Morgan fingerprint density at radius 2 is 1.78 bits per heavy atom. The van der Waals surface area contributed by atoms with Gasteiger partial charge in [-0.3, -0.25) is 14.3 Å². The number of ether oxygens (including phenoxy) is 1. The van der Waals surface area contributed by atoms with E-state index in [2.05, 4.69) is 15.4 Å². The number of sulfone groups is 1. The number of methoxy groups -OCH3 is 1. The van der Waals surface area contributed by atoms with Crippen LogP contribution in [0.3, 0.4) is 0 Å². The average Bonchev–Trinajstić information content (AvgIpc) is 3.05. The fourth-order valence-electron chi connectivity index (χ4n) is 3.22. The van der Waals surface area contributed by atoms with E-state index in [0.717, 1.165) is 0 Å². The molecule has 172 valence electrons. The van der Waals surface area contributed by atoms with E-state index in [-0.39, 0.29) is 39.2 Å². The van der Waals surface area contributed by atoms with E-state index >= 15 is 0 Å². The minimum Gasteiger partial charge on any atom is -0.495 e. The molecule has 0 aliphatic carbocycles.